The van der Waals surface area contributed by atoms with Crippen molar-refractivity contribution in [3.63, 3.8) is 0 Å². The van der Waals surface area contributed by atoms with Gasteiger partial charge in [0.2, 0.25) is 5.13 Å². The molecule has 1 aromatic carbocycles. The number of nitrogens with zero attached hydrogens (tertiary/aromatic N) is 4. The number of hydrogen-bond donors (Lipinski definition) is 0. The van der Waals surface area contributed by atoms with Gasteiger partial charge in [0.15, 0.2) is 0 Å². The Balaban J connectivity index is 1.03. The summed E-state index contributed by atoms with van der Waals surface area (Å²) in [5, 5.41) is 9.10. The Morgan fingerprint density at radius 3 is 2.82 bits per heavy atom. The zero-order valence-electron chi connectivity index (χ0n) is 18.8. The predicted octanol–water partition coefficient (Wildman–Crippen LogP) is 3.32. The SMILES string of the molecule is Fc1ccc(OCC2CCOC2)c(C2CCN(C3COC4(C3)CN(c3nncs3)C4)CC2)c1. The van der Waals surface area contributed by atoms with E-state index in [1.807, 2.05) is 6.07 Å². The molecule has 4 fully saturated rings. The van der Waals surface area contributed by atoms with Crippen LogP contribution in [0, 0.1) is 11.7 Å². The zero-order valence-corrected chi connectivity index (χ0v) is 19.6. The number of halogens is 1. The lowest BCUT2D eigenvalue weighted by molar-refractivity contribution is -0.0195. The second kappa shape index (κ2) is 9.09. The highest BCUT2D eigenvalue weighted by atomic mass is 32.1. The molecular weight excluding hydrogens is 443 g/mol. The summed E-state index contributed by atoms with van der Waals surface area (Å²) in [6, 6.07) is 5.47. The summed E-state index contributed by atoms with van der Waals surface area (Å²) in [4.78, 5) is 4.84. The lowest BCUT2D eigenvalue weighted by Crippen LogP contribution is -2.62. The summed E-state index contributed by atoms with van der Waals surface area (Å²) in [7, 11) is 0. The van der Waals surface area contributed by atoms with Gasteiger partial charge in [-0.05, 0) is 62.9 Å². The molecule has 2 unspecified atom stereocenters. The summed E-state index contributed by atoms with van der Waals surface area (Å²) in [6.07, 6.45) is 4.16. The molecule has 0 N–H and O–H groups in total. The van der Waals surface area contributed by atoms with Gasteiger partial charge >= 0.3 is 0 Å². The summed E-state index contributed by atoms with van der Waals surface area (Å²) in [5.74, 6) is 1.43. The normalized spacial score (nSPS) is 27.8. The highest BCUT2D eigenvalue weighted by molar-refractivity contribution is 7.13. The van der Waals surface area contributed by atoms with Gasteiger partial charge in [0.05, 0.1) is 32.9 Å². The lowest BCUT2D eigenvalue weighted by atomic mass is 9.86. The molecule has 4 aliphatic heterocycles. The Labute approximate surface area is 197 Å². The summed E-state index contributed by atoms with van der Waals surface area (Å²) < 4.78 is 32.0. The minimum atomic E-state index is -0.180. The van der Waals surface area contributed by atoms with E-state index in [-0.39, 0.29) is 11.4 Å². The first kappa shape index (κ1) is 21.7. The van der Waals surface area contributed by atoms with Crippen LogP contribution in [0.1, 0.15) is 37.2 Å². The molecule has 1 aromatic heterocycles. The number of anilines is 1. The first-order valence-corrected chi connectivity index (χ1v) is 12.9. The Morgan fingerprint density at radius 1 is 1.18 bits per heavy atom. The Morgan fingerprint density at radius 2 is 2.06 bits per heavy atom. The molecule has 0 saturated carbocycles. The zero-order chi connectivity index (χ0) is 22.3. The van der Waals surface area contributed by atoms with E-state index in [1.54, 1.807) is 22.9 Å². The maximum Gasteiger partial charge on any atom is 0.208 e. The monoisotopic (exact) mass is 474 g/mol. The van der Waals surface area contributed by atoms with Crippen molar-refractivity contribution in [3.05, 3.63) is 35.1 Å². The molecule has 5 heterocycles. The molecule has 178 valence electrons. The topological polar surface area (TPSA) is 60.0 Å². The van der Waals surface area contributed by atoms with Crippen LogP contribution in [-0.2, 0) is 9.47 Å². The van der Waals surface area contributed by atoms with Crippen molar-refractivity contribution in [3.8, 4) is 5.75 Å². The van der Waals surface area contributed by atoms with Gasteiger partial charge in [0.25, 0.3) is 0 Å². The smallest absolute Gasteiger partial charge is 0.208 e. The van der Waals surface area contributed by atoms with E-state index in [0.717, 1.165) is 88.1 Å². The summed E-state index contributed by atoms with van der Waals surface area (Å²) >= 11 is 1.58. The van der Waals surface area contributed by atoms with E-state index in [2.05, 4.69) is 20.0 Å². The fourth-order valence-electron chi connectivity index (χ4n) is 5.83. The number of piperidine rings is 1. The molecule has 4 saturated heterocycles. The maximum absolute atomic E-state index is 14.1. The van der Waals surface area contributed by atoms with Crippen LogP contribution in [0.15, 0.2) is 23.7 Å². The largest absolute Gasteiger partial charge is 0.493 e. The van der Waals surface area contributed by atoms with Crippen LogP contribution in [0.5, 0.6) is 5.75 Å². The van der Waals surface area contributed by atoms with Crippen LogP contribution in [0.25, 0.3) is 0 Å². The molecular formula is C24H31FN4O3S. The number of hydrogen-bond acceptors (Lipinski definition) is 8. The molecule has 0 radical (unpaired) electrons. The van der Waals surface area contributed by atoms with Crippen molar-refractivity contribution in [2.45, 2.75) is 43.2 Å². The minimum absolute atomic E-state index is 0.0271. The molecule has 7 nitrogen and oxygen atoms in total. The summed E-state index contributed by atoms with van der Waals surface area (Å²) in [5.41, 5.74) is 2.78. The molecule has 1 spiro atoms. The Bertz CT molecular complexity index is 941. The Hall–Kier alpha value is -1.81. The van der Waals surface area contributed by atoms with Crippen LogP contribution in [0.4, 0.5) is 9.52 Å². The number of likely N-dealkylation sites (tertiary alicyclic amines) is 1. The molecule has 2 atom stereocenters. The standard InChI is InChI=1S/C24H31FN4O3S/c25-19-1-2-22(31-12-17-5-8-30-11-17)21(9-19)18-3-6-28(7-4-18)20-10-24(32-13-20)14-29(15-24)23-27-26-16-33-23/h1-2,9,16-18,20H,3-8,10-15H2. The van der Waals surface area contributed by atoms with Gasteiger partial charge < -0.3 is 19.1 Å². The third-order valence-corrected chi connectivity index (χ3v) is 8.47. The number of benzene rings is 1. The van der Waals surface area contributed by atoms with E-state index < -0.39 is 0 Å². The van der Waals surface area contributed by atoms with Gasteiger partial charge in [-0.25, -0.2) is 4.39 Å². The molecule has 2 aromatic rings. The number of ether oxygens (including phenoxy) is 3. The first-order chi connectivity index (χ1) is 16.2. The van der Waals surface area contributed by atoms with E-state index in [0.29, 0.717) is 24.5 Å². The van der Waals surface area contributed by atoms with Crippen LogP contribution >= 0.6 is 11.3 Å². The average Bonchev–Trinajstić information content (AvgIpc) is 3.59. The van der Waals surface area contributed by atoms with Crippen molar-refractivity contribution >= 4 is 16.5 Å². The van der Waals surface area contributed by atoms with E-state index in [1.165, 1.54) is 6.07 Å². The van der Waals surface area contributed by atoms with Crippen molar-refractivity contribution in [2.75, 3.05) is 57.5 Å². The van der Waals surface area contributed by atoms with Gasteiger partial charge in [-0.2, -0.15) is 0 Å². The van der Waals surface area contributed by atoms with E-state index >= 15 is 0 Å². The molecule has 0 bridgehead atoms. The highest BCUT2D eigenvalue weighted by Crippen LogP contribution is 2.41. The van der Waals surface area contributed by atoms with Crippen LogP contribution in [-0.4, -0.2) is 79.3 Å². The molecule has 0 amide bonds. The van der Waals surface area contributed by atoms with Gasteiger partial charge in [-0.15, -0.1) is 10.2 Å². The van der Waals surface area contributed by atoms with Gasteiger partial charge in [-0.1, -0.05) is 11.3 Å². The van der Waals surface area contributed by atoms with Crippen molar-refractivity contribution in [2.24, 2.45) is 5.92 Å². The van der Waals surface area contributed by atoms with Gasteiger partial charge in [-0.3, -0.25) is 4.90 Å². The van der Waals surface area contributed by atoms with Gasteiger partial charge in [0.1, 0.15) is 22.7 Å². The summed E-state index contributed by atoms with van der Waals surface area (Å²) in [6.45, 7) is 6.87. The lowest BCUT2D eigenvalue weighted by Gasteiger charge is -2.47. The van der Waals surface area contributed by atoms with E-state index in [4.69, 9.17) is 14.2 Å². The van der Waals surface area contributed by atoms with Crippen molar-refractivity contribution < 1.29 is 18.6 Å². The van der Waals surface area contributed by atoms with Crippen LogP contribution in [0.2, 0.25) is 0 Å². The van der Waals surface area contributed by atoms with Gasteiger partial charge in [0, 0.05) is 24.1 Å². The fourth-order valence-corrected chi connectivity index (χ4v) is 6.39. The van der Waals surface area contributed by atoms with Crippen molar-refractivity contribution in [1.29, 1.82) is 0 Å². The first-order valence-electron chi connectivity index (χ1n) is 12.1. The molecule has 6 rings (SSSR count). The average molecular weight is 475 g/mol. The minimum Gasteiger partial charge on any atom is -0.493 e. The molecule has 33 heavy (non-hydrogen) atoms. The fraction of sp³-hybridized carbons (Fsp3) is 0.667. The third-order valence-electron chi connectivity index (χ3n) is 7.72. The molecule has 4 aliphatic rings. The highest BCUT2D eigenvalue weighted by Gasteiger charge is 2.51. The number of rotatable bonds is 6. The Kier molecular flexibility index (Phi) is 5.98. The quantitative estimate of drug-likeness (QED) is 0.637. The van der Waals surface area contributed by atoms with E-state index in [9.17, 15) is 4.39 Å². The second-order valence-corrected chi connectivity index (χ2v) is 10.8. The maximum atomic E-state index is 14.1. The molecule has 0 aliphatic carbocycles. The second-order valence-electron chi connectivity index (χ2n) is 9.96. The third kappa shape index (κ3) is 4.48. The van der Waals surface area contributed by atoms with Crippen LogP contribution < -0.4 is 9.64 Å². The van der Waals surface area contributed by atoms with Crippen molar-refractivity contribution in [1.82, 2.24) is 15.1 Å². The predicted molar refractivity (Wildman–Crippen MR) is 124 cm³/mol. The van der Waals surface area contributed by atoms with Crippen LogP contribution in [0.3, 0.4) is 0 Å². The molecule has 9 heteroatoms. The number of aromatic nitrogens is 2.